The van der Waals surface area contributed by atoms with E-state index in [0.717, 1.165) is 5.56 Å². The number of anilines is 1. The quantitative estimate of drug-likeness (QED) is 0.351. The maximum Gasteiger partial charge on any atom is 0.170 e. The molecule has 0 fully saturated rings. The molecule has 0 saturated heterocycles. The summed E-state index contributed by atoms with van der Waals surface area (Å²) in [6.07, 6.45) is 0. The van der Waals surface area contributed by atoms with Gasteiger partial charge in [-0.05, 0) is 30.2 Å². The van der Waals surface area contributed by atoms with Crippen molar-refractivity contribution in [3.8, 4) is 0 Å². The molecule has 110 valence electrons. The van der Waals surface area contributed by atoms with Crippen molar-refractivity contribution in [1.29, 1.82) is 0 Å². The van der Waals surface area contributed by atoms with Crippen LogP contribution in [0.1, 0.15) is 16.7 Å². The molecule has 0 heterocycles. The van der Waals surface area contributed by atoms with E-state index in [0.29, 0.717) is 11.1 Å². The largest absolute Gasteiger partial charge is 0.409 e. The molecule has 2 rings (SSSR count). The Hall–Kier alpha value is -2.63. The molecule has 0 radical (unpaired) electrons. The SMILES string of the molecule is Cc1ccc(F)c(NCc2cccc(/C(N)=N/O)c2)c1F. The van der Waals surface area contributed by atoms with Crippen LogP contribution in [0.3, 0.4) is 0 Å². The summed E-state index contributed by atoms with van der Waals surface area (Å²) < 4.78 is 27.5. The lowest BCUT2D eigenvalue weighted by Crippen LogP contribution is -2.13. The summed E-state index contributed by atoms with van der Waals surface area (Å²) in [7, 11) is 0. The number of nitrogens with two attached hydrogens (primary N) is 1. The second kappa shape index (κ2) is 6.21. The number of nitrogens with one attached hydrogen (secondary N) is 1. The summed E-state index contributed by atoms with van der Waals surface area (Å²) in [6, 6.07) is 9.43. The predicted octanol–water partition coefficient (Wildman–Crippen LogP) is 2.98. The van der Waals surface area contributed by atoms with Gasteiger partial charge in [-0.3, -0.25) is 0 Å². The second-order valence-corrected chi connectivity index (χ2v) is 4.59. The normalized spacial score (nSPS) is 11.5. The predicted molar refractivity (Wildman–Crippen MR) is 77.4 cm³/mol. The van der Waals surface area contributed by atoms with E-state index in [9.17, 15) is 8.78 Å². The Morgan fingerprint density at radius 3 is 2.76 bits per heavy atom. The molecule has 4 nitrogen and oxygen atoms in total. The van der Waals surface area contributed by atoms with Gasteiger partial charge >= 0.3 is 0 Å². The van der Waals surface area contributed by atoms with Gasteiger partial charge in [0.15, 0.2) is 11.7 Å². The first-order chi connectivity index (χ1) is 10.0. The highest BCUT2D eigenvalue weighted by atomic mass is 19.1. The molecule has 0 spiro atoms. The summed E-state index contributed by atoms with van der Waals surface area (Å²) in [4.78, 5) is 0. The zero-order valence-corrected chi connectivity index (χ0v) is 11.4. The summed E-state index contributed by atoms with van der Waals surface area (Å²) in [5.41, 5.74) is 6.98. The van der Waals surface area contributed by atoms with Crippen LogP contribution in [-0.2, 0) is 6.54 Å². The van der Waals surface area contributed by atoms with Gasteiger partial charge in [-0.15, -0.1) is 0 Å². The van der Waals surface area contributed by atoms with Crippen LogP contribution in [0.15, 0.2) is 41.6 Å². The molecule has 0 unspecified atom stereocenters. The van der Waals surface area contributed by atoms with E-state index in [2.05, 4.69) is 10.5 Å². The number of rotatable bonds is 4. The highest BCUT2D eigenvalue weighted by Gasteiger charge is 2.11. The zero-order chi connectivity index (χ0) is 15.4. The summed E-state index contributed by atoms with van der Waals surface area (Å²) in [6.45, 7) is 1.78. The minimum absolute atomic E-state index is 0.0234. The van der Waals surface area contributed by atoms with Crippen molar-refractivity contribution in [1.82, 2.24) is 0 Å². The zero-order valence-electron chi connectivity index (χ0n) is 11.4. The van der Waals surface area contributed by atoms with Crippen molar-refractivity contribution < 1.29 is 14.0 Å². The molecule has 0 bridgehead atoms. The smallest absolute Gasteiger partial charge is 0.170 e. The Bertz CT molecular complexity index is 687. The molecular formula is C15H15F2N3O. The minimum atomic E-state index is -0.648. The maximum absolute atomic E-state index is 13.9. The van der Waals surface area contributed by atoms with Crippen LogP contribution in [0.4, 0.5) is 14.5 Å². The number of amidine groups is 1. The lowest BCUT2D eigenvalue weighted by molar-refractivity contribution is 0.318. The Kier molecular flexibility index (Phi) is 4.37. The molecule has 0 atom stereocenters. The minimum Gasteiger partial charge on any atom is -0.409 e. The van der Waals surface area contributed by atoms with E-state index in [1.165, 1.54) is 12.1 Å². The standard InChI is InChI=1S/C15H15F2N3O/c1-9-5-6-12(16)14(13(9)17)19-8-10-3-2-4-11(7-10)15(18)20-21/h2-7,19,21H,8H2,1H3,(H2,18,20). The molecule has 0 aliphatic carbocycles. The van der Waals surface area contributed by atoms with Crippen LogP contribution in [-0.4, -0.2) is 11.0 Å². The van der Waals surface area contributed by atoms with E-state index in [1.807, 2.05) is 0 Å². The molecule has 21 heavy (non-hydrogen) atoms. The number of hydrogen-bond donors (Lipinski definition) is 3. The van der Waals surface area contributed by atoms with E-state index >= 15 is 0 Å². The number of aryl methyl sites for hydroxylation is 1. The van der Waals surface area contributed by atoms with E-state index < -0.39 is 11.6 Å². The van der Waals surface area contributed by atoms with Crippen molar-refractivity contribution in [2.24, 2.45) is 10.9 Å². The molecule has 0 aromatic heterocycles. The Morgan fingerprint density at radius 2 is 2.05 bits per heavy atom. The molecule has 2 aromatic rings. The third kappa shape index (κ3) is 3.28. The fraction of sp³-hybridized carbons (Fsp3) is 0.133. The average molecular weight is 291 g/mol. The molecule has 4 N–H and O–H groups in total. The van der Waals surface area contributed by atoms with Gasteiger partial charge in [-0.25, -0.2) is 8.78 Å². The Balaban J connectivity index is 2.19. The van der Waals surface area contributed by atoms with Crippen LogP contribution in [0.5, 0.6) is 0 Å². The number of hydrogen-bond acceptors (Lipinski definition) is 3. The topological polar surface area (TPSA) is 70.6 Å². The van der Waals surface area contributed by atoms with Crippen molar-refractivity contribution >= 4 is 11.5 Å². The maximum atomic E-state index is 13.9. The van der Waals surface area contributed by atoms with Gasteiger partial charge in [0.25, 0.3) is 0 Å². The van der Waals surface area contributed by atoms with Crippen molar-refractivity contribution in [3.05, 3.63) is 64.7 Å². The molecular weight excluding hydrogens is 276 g/mol. The number of nitrogens with zero attached hydrogens (tertiary/aromatic N) is 1. The average Bonchev–Trinajstić information content (AvgIpc) is 2.50. The summed E-state index contributed by atoms with van der Waals surface area (Å²) in [5.74, 6) is -1.28. The van der Waals surface area contributed by atoms with Gasteiger partial charge in [0.1, 0.15) is 11.5 Å². The lowest BCUT2D eigenvalue weighted by atomic mass is 10.1. The van der Waals surface area contributed by atoms with Crippen LogP contribution in [0.2, 0.25) is 0 Å². The number of oxime groups is 1. The Morgan fingerprint density at radius 1 is 1.29 bits per heavy atom. The van der Waals surface area contributed by atoms with Gasteiger partial charge < -0.3 is 16.3 Å². The molecule has 0 aliphatic heterocycles. The first-order valence-corrected chi connectivity index (χ1v) is 6.28. The lowest BCUT2D eigenvalue weighted by Gasteiger charge is -2.11. The van der Waals surface area contributed by atoms with Crippen LogP contribution in [0, 0.1) is 18.6 Å². The molecule has 0 saturated carbocycles. The molecule has 0 amide bonds. The monoisotopic (exact) mass is 291 g/mol. The van der Waals surface area contributed by atoms with Crippen LogP contribution < -0.4 is 11.1 Å². The third-order valence-electron chi connectivity index (χ3n) is 3.08. The highest BCUT2D eigenvalue weighted by Crippen LogP contribution is 2.22. The van der Waals surface area contributed by atoms with E-state index in [-0.39, 0.29) is 18.1 Å². The number of benzene rings is 2. The van der Waals surface area contributed by atoms with Gasteiger partial charge in [0.05, 0.1) is 0 Å². The fourth-order valence-electron chi connectivity index (χ4n) is 1.91. The van der Waals surface area contributed by atoms with Gasteiger partial charge in [0, 0.05) is 12.1 Å². The van der Waals surface area contributed by atoms with Crippen LogP contribution in [0.25, 0.3) is 0 Å². The summed E-state index contributed by atoms with van der Waals surface area (Å²) >= 11 is 0. The fourth-order valence-corrected chi connectivity index (χ4v) is 1.91. The van der Waals surface area contributed by atoms with Gasteiger partial charge in [-0.2, -0.15) is 0 Å². The van der Waals surface area contributed by atoms with E-state index in [4.69, 9.17) is 10.9 Å². The molecule has 0 aliphatic rings. The Labute approximate surface area is 120 Å². The van der Waals surface area contributed by atoms with Crippen LogP contribution >= 0.6 is 0 Å². The van der Waals surface area contributed by atoms with Crippen molar-refractivity contribution in [2.45, 2.75) is 13.5 Å². The first kappa shape index (κ1) is 14.8. The molecule has 6 heteroatoms. The van der Waals surface area contributed by atoms with E-state index in [1.54, 1.807) is 31.2 Å². The van der Waals surface area contributed by atoms with Gasteiger partial charge in [0.2, 0.25) is 0 Å². The first-order valence-electron chi connectivity index (χ1n) is 6.28. The highest BCUT2D eigenvalue weighted by molar-refractivity contribution is 5.97. The second-order valence-electron chi connectivity index (χ2n) is 4.59. The van der Waals surface area contributed by atoms with Crippen molar-refractivity contribution in [3.63, 3.8) is 0 Å². The molecule has 2 aromatic carbocycles. The summed E-state index contributed by atoms with van der Waals surface area (Å²) in [5, 5.41) is 14.3. The number of halogens is 2. The van der Waals surface area contributed by atoms with Crippen molar-refractivity contribution in [2.75, 3.05) is 5.32 Å². The van der Waals surface area contributed by atoms with Gasteiger partial charge in [-0.1, -0.05) is 29.4 Å². The third-order valence-corrected chi connectivity index (χ3v) is 3.08.